The van der Waals surface area contributed by atoms with Crippen LogP contribution in [0.4, 0.5) is 5.69 Å². The van der Waals surface area contributed by atoms with E-state index in [0.717, 1.165) is 11.3 Å². The first-order valence-corrected chi connectivity index (χ1v) is 8.24. The van der Waals surface area contributed by atoms with Gasteiger partial charge in [-0.15, -0.1) is 0 Å². The van der Waals surface area contributed by atoms with Gasteiger partial charge in [0.1, 0.15) is 0 Å². The predicted octanol–water partition coefficient (Wildman–Crippen LogP) is 4.13. The number of hydrogen-bond acceptors (Lipinski definition) is 3. The number of benzene rings is 2. The predicted molar refractivity (Wildman–Crippen MR) is 101 cm³/mol. The Kier molecular flexibility index (Phi) is 4.89. The molecule has 0 fully saturated rings. The molecule has 26 heavy (non-hydrogen) atoms. The van der Waals surface area contributed by atoms with Gasteiger partial charge in [-0.3, -0.25) is 4.79 Å². The number of ether oxygens (including phenoxy) is 1. The minimum Gasteiger partial charge on any atom is -0.465 e. The van der Waals surface area contributed by atoms with E-state index in [1.54, 1.807) is 31.2 Å². The standard InChI is InChI=1S/C21H20N2O3/c1-14-9-10-16(13-19(14)23-11-4-5-12-23)20(24)22-18-8-6-7-17(15(18)2)21(25)26-3/h4-13H,1-3H3,(H,22,24). The molecule has 0 aliphatic heterocycles. The summed E-state index contributed by atoms with van der Waals surface area (Å²) in [4.78, 5) is 24.5. The Morgan fingerprint density at radius 1 is 1.00 bits per heavy atom. The number of nitrogens with zero attached hydrogens (tertiary/aromatic N) is 1. The molecule has 3 aromatic rings. The normalized spacial score (nSPS) is 10.4. The highest BCUT2D eigenvalue weighted by molar-refractivity contribution is 6.06. The average molecular weight is 348 g/mol. The third kappa shape index (κ3) is 3.37. The maximum atomic E-state index is 12.7. The van der Waals surface area contributed by atoms with Crippen LogP contribution in [0.5, 0.6) is 0 Å². The Balaban J connectivity index is 1.90. The summed E-state index contributed by atoms with van der Waals surface area (Å²) in [5.74, 6) is -0.660. The van der Waals surface area contributed by atoms with Crippen LogP contribution in [0.1, 0.15) is 31.8 Å². The Hall–Kier alpha value is -3.34. The third-order valence-electron chi connectivity index (χ3n) is 4.34. The number of hydrogen-bond donors (Lipinski definition) is 1. The Bertz CT molecular complexity index is 959. The number of aromatic nitrogens is 1. The van der Waals surface area contributed by atoms with Crippen LogP contribution in [0.3, 0.4) is 0 Å². The lowest BCUT2D eigenvalue weighted by Gasteiger charge is -2.13. The summed E-state index contributed by atoms with van der Waals surface area (Å²) >= 11 is 0. The fraction of sp³-hybridized carbons (Fsp3) is 0.143. The number of carbonyl (C=O) groups is 2. The first-order valence-electron chi connectivity index (χ1n) is 8.24. The van der Waals surface area contributed by atoms with E-state index in [1.807, 2.05) is 48.1 Å². The van der Waals surface area contributed by atoms with Crippen LogP contribution < -0.4 is 5.32 Å². The SMILES string of the molecule is COC(=O)c1cccc(NC(=O)c2ccc(C)c(-n3cccc3)c2)c1C. The quantitative estimate of drug-likeness (QED) is 0.721. The zero-order valence-electron chi connectivity index (χ0n) is 14.9. The highest BCUT2D eigenvalue weighted by atomic mass is 16.5. The molecule has 0 atom stereocenters. The first kappa shape index (κ1) is 17.5. The summed E-state index contributed by atoms with van der Waals surface area (Å²) < 4.78 is 6.75. The van der Waals surface area contributed by atoms with Crippen molar-refractivity contribution in [3.63, 3.8) is 0 Å². The average Bonchev–Trinajstić information content (AvgIpc) is 3.17. The van der Waals surface area contributed by atoms with E-state index >= 15 is 0 Å². The fourth-order valence-corrected chi connectivity index (χ4v) is 2.82. The number of esters is 1. The number of rotatable bonds is 4. The largest absolute Gasteiger partial charge is 0.465 e. The Morgan fingerprint density at radius 2 is 1.73 bits per heavy atom. The van der Waals surface area contributed by atoms with E-state index in [1.165, 1.54) is 7.11 Å². The molecule has 0 unspecified atom stereocenters. The van der Waals surface area contributed by atoms with Crippen LogP contribution in [0.25, 0.3) is 5.69 Å². The zero-order chi connectivity index (χ0) is 18.7. The number of nitrogens with one attached hydrogen (secondary N) is 1. The lowest BCUT2D eigenvalue weighted by molar-refractivity contribution is 0.0599. The lowest BCUT2D eigenvalue weighted by atomic mass is 10.1. The number of aryl methyl sites for hydroxylation is 1. The summed E-state index contributed by atoms with van der Waals surface area (Å²) in [6.45, 7) is 3.78. The molecule has 5 heteroatoms. The molecule has 0 saturated carbocycles. The summed E-state index contributed by atoms with van der Waals surface area (Å²) in [6, 6.07) is 14.6. The number of methoxy groups -OCH3 is 1. The molecule has 1 amide bonds. The molecule has 1 aromatic heterocycles. The second kappa shape index (κ2) is 7.27. The topological polar surface area (TPSA) is 60.3 Å². The van der Waals surface area contributed by atoms with Gasteiger partial charge < -0.3 is 14.6 Å². The first-order chi connectivity index (χ1) is 12.5. The molecule has 0 saturated heterocycles. The number of carbonyl (C=O) groups excluding carboxylic acids is 2. The molecule has 0 aliphatic carbocycles. The molecule has 0 spiro atoms. The van der Waals surface area contributed by atoms with Gasteiger partial charge in [0.25, 0.3) is 5.91 Å². The maximum absolute atomic E-state index is 12.7. The van der Waals surface area contributed by atoms with E-state index in [-0.39, 0.29) is 5.91 Å². The van der Waals surface area contributed by atoms with Gasteiger partial charge in [0.15, 0.2) is 0 Å². The zero-order valence-corrected chi connectivity index (χ0v) is 14.9. The van der Waals surface area contributed by atoms with Crippen LogP contribution in [0.15, 0.2) is 60.9 Å². The van der Waals surface area contributed by atoms with Gasteiger partial charge in [0, 0.05) is 29.3 Å². The summed E-state index contributed by atoms with van der Waals surface area (Å²) in [5, 5.41) is 2.88. The van der Waals surface area contributed by atoms with Gasteiger partial charge in [-0.2, -0.15) is 0 Å². The van der Waals surface area contributed by atoms with Gasteiger partial charge in [-0.25, -0.2) is 4.79 Å². The van der Waals surface area contributed by atoms with Crippen LogP contribution in [0.2, 0.25) is 0 Å². The molecule has 0 aliphatic rings. The Labute approximate surface area is 152 Å². The van der Waals surface area contributed by atoms with Gasteiger partial charge in [-0.1, -0.05) is 12.1 Å². The van der Waals surface area contributed by atoms with Crippen molar-refractivity contribution in [1.82, 2.24) is 4.57 Å². The molecule has 132 valence electrons. The van der Waals surface area contributed by atoms with Crippen molar-refractivity contribution in [3.05, 3.63) is 83.2 Å². The van der Waals surface area contributed by atoms with Crippen molar-refractivity contribution in [2.24, 2.45) is 0 Å². The van der Waals surface area contributed by atoms with Crippen molar-refractivity contribution in [2.75, 3.05) is 12.4 Å². The molecule has 0 bridgehead atoms. The summed E-state index contributed by atoms with van der Waals surface area (Å²) in [5.41, 5.74) is 4.25. The van der Waals surface area contributed by atoms with E-state index in [0.29, 0.717) is 22.4 Å². The van der Waals surface area contributed by atoms with Crippen LogP contribution in [0, 0.1) is 13.8 Å². The lowest BCUT2D eigenvalue weighted by Crippen LogP contribution is -2.15. The molecule has 1 heterocycles. The molecular formula is C21H20N2O3. The molecule has 0 radical (unpaired) electrons. The minimum absolute atomic E-state index is 0.233. The van der Waals surface area contributed by atoms with Crippen LogP contribution >= 0.6 is 0 Å². The molecular weight excluding hydrogens is 328 g/mol. The van der Waals surface area contributed by atoms with Gasteiger partial charge >= 0.3 is 5.97 Å². The van der Waals surface area contributed by atoms with Crippen molar-refractivity contribution >= 4 is 17.6 Å². The summed E-state index contributed by atoms with van der Waals surface area (Å²) in [7, 11) is 1.34. The van der Waals surface area contributed by atoms with E-state index in [4.69, 9.17) is 4.74 Å². The van der Waals surface area contributed by atoms with Gasteiger partial charge in [-0.05, 0) is 61.4 Å². The number of amides is 1. The van der Waals surface area contributed by atoms with E-state index in [2.05, 4.69) is 5.32 Å². The highest BCUT2D eigenvalue weighted by Gasteiger charge is 2.15. The summed E-state index contributed by atoms with van der Waals surface area (Å²) in [6.07, 6.45) is 3.88. The van der Waals surface area contributed by atoms with Crippen LogP contribution in [-0.2, 0) is 4.74 Å². The van der Waals surface area contributed by atoms with Crippen molar-refractivity contribution in [3.8, 4) is 5.69 Å². The van der Waals surface area contributed by atoms with E-state index < -0.39 is 5.97 Å². The van der Waals surface area contributed by atoms with Gasteiger partial charge in [0.05, 0.1) is 12.7 Å². The number of anilines is 1. The van der Waals surface area contributed by atoms with Gasteiger partial charge in [0.2, 0.25) is 0 Å². The highest BCUT2D eigenvalue weighted by Crippen LogP contribution is 2.22. The monoisotopic (exact) mass is 348 g/mol. The maximum Gasteiger partial charge on any atom is 0.338 e. The second-order valence-electron chi connectivity index (χ2n) is 6.02. The van der Waals surface area contributed by atoms with E-state index in [9.17, 15) is 9.59 Å². The van der Waals surface area contributed by atoms with Crippen molar-refractivity contribution in [2.45, 2.75) is 13.8 Å². The van der Waals surface area contributed by atoms with Crippen molar-refractivity contribution < 1.29 is 14.3 Å². The Morgan fingerprint density at radius 3 is 2.42 bits per heavy atom. The second-order valence-corrected chi connectivity index (χ2v) is 6.02. The molecule has 1 N–H and O–H groups in total. The minimum atomic E-state index is -0.427. The van der Waals surface area contributed by atoms with Crippen molar-refractivity contribution in [1.29, 1.82) is 0 Å². The molecule has 5 nitrogen and oxygen atoms in total. The van der Waals surface area contributed by atoms with Crippen LogP contribution in [-0.4, -0.2) is 23.6 Å². The fourth-order valence-electron chi connectivity index (χ4n) is 2.82. The molecule has 2 aromatic carbocycles. The molecule has 3 rings (SSSR count). The third-order valence-corrected chi connectivity index (χ3v) is 4.34. The smallest absolute Gasteiger partial charge is 0.338 e.